The van der Waals surface area contributed by atoms with Gasteiger partial charge in [0.2, 0.25) is 5.91 Å². The Morgan fingerprint density at radius 3 is 2.56 bits per heavy atom. The Morgan fingerprint density at radius 2 is 1.87 bits per heavy atom. The number of rotatable bonds is 9. The van der Waals surface area contributed by atoms with Gasteiger partial charge in [0, 0.05) is 57.1 Å². The number of piperazine rings is 1. The van der Waals surface area contributed by atoms with Crippen LogP contribution in [0.25, 0.3) is 0 Å². The summed E-state index contributed by atoms with van der Waals surface area (Å²) in [6, 6.07) is 12.5. The summed E-state index contributed by atoms with van der Waals surface area (Å²) in [4.78, 5) is 44.5. The molecule has 0 saturated carbocycles. The number of hydrogen-bond acceptors (Lipinski definition) is 8. The van der Waals surface area contributed by atoms with Crippen molar-refractivity contribution in [1.29, 1.82) is 0 Å². The van der Waals surface area contributed by atoms with Crippen molar-refractivity contribution in [2.24, 2.45) is 4.99 Å². The van der Waals surface area contributed by atoms with Crippen molar-refractivity contribution in [2.75, 3.05) is 49.5 Å². The fourth-order valence-corrected chi connectivity index (χ4v) is 4.39. The summed E-state index contributed by atoms with van der Waals surface area (Å²) in [6.07, 6.45) is -0.00940. The van der Waals surface area contributed by atoms with Crippen LogP contribution >= 0.6 is 0 Å². The Bertz CT molecular complexity index is 1190. The third kappa shape index (κ3) is 8.32. The number of ether oxygens (including phenoxy) is 1. The molecule has 0 radical (unpaired) electrons. The van der Waals surface area contributed by atoms with Gasteiger partial charge in [0.15, 0.2) is 5.96 Å². The number of alkyl carbamates (subject to hydrolysis) is 1. The van der Waals surface area contributed by atoms with E-state index in [0.717, 1.165) is 25.1 Å². The fraction of sp³-hybridized carbons (Fsp3) is 0.407. The summed E-state index contributed by atoms with van der Waals surface area (Å²) >= 11 is 0. The lowest BCUT2D eigenvalue weighted by atomic mass is 10.1. The summed E-state index contributed by atoms with van der Waals surface area (Å²) < 4.78 is 19.4. The summed E-state index contributed by atoms with van der Waals surface area (Å²) in [5.41, 5.74) is 2.06. The number of hydrogen-bond donors (Lipinski definition) is 4. The topological polar surface area (TPSA) is 136 Å². The Hall–Kier alpha value is -4.35. The van der Waals surface area contributed by atoms with E-state index in [9.17, 15) is 23.9 Å². The highest BCUT2D eigenvalue weighted by Gasteiger charge is 2.26. The van der Waals surface area contributed by atoms with E-state index in [0.29, 0.717) is 43.5 Å². The molecule has 1 atom stereocenters. The average Bonchev–Trinajstić information content (AvgIpc) is 2.94. The van der Waals surface area contributed by atoms with Gasteiger partial charge < -0.3 is 35.6 Å². The highest BCUT2D eigenvalue weighted by atomic mass is 19.1. The van der Waals surface area contributed by atoms with E-state index in [-0.39, 0.29) is 31.2 Å². The predicted octanol–water partition coefficient (Wildman–Crippen LogP) is 2.40. The molecule has 1 saturated heterocycles. The lowest BCUT2D eigenvalue weighted by Crippen LogP contribution is -2.49. The molecule has 1 fully saturated rings. The summed E-state index contributed by atoms with van der Waals surface area (Å²) in [6.45, 7) is 3.37. The summed E-state index contributed by atoms with van der Waals surface area (Å²) in [7, 11) is 0. The van der Waals surface area contributed by atoms with Gasteiger partial charge in [0.05, 0.1) is 0 Å². The molecule has 2 aliphatic heterocycles. The number of guanidine groups is 1. The van der Waals surface area contributed by atoms with Gasteiger partial charge in [-0.2, -0.15) is 0 Å². The molecule has 12 heteroatoms. The van der Waals surface area contributed by atoms with Gasteiger partial charge in [-0.05, 0) is 36.6 Å². The summed E-state index contributed by atoms with van der Waals surface area (Å²) in [5.74, 6) is -1.20. The van der Waals surface area contributed by atoms with Crippen LogP contribution in [-0.4, -0.2) is 79.2 Å². The van der Waals surface area contributed by atoms with E-state index in [4.69, 9.17) is 4.74 Å². The van der Waals surface area contributed by atoms with Gasteiger partial charge in [-0.25, -0.2) is 14.0 Å². The van der Waals surface area contributed by atoms with Gasteiger partial charge >= 0.3 is 12.1 Å². The van der Waals surface area contributed by atoms with Crippen molar-refractivity contribution in [1.82, 2.24) is 15.5 Å². The quantitative estimate of drug-likeness (QED) is 0.381. The smallest absolute Gasteiger partial charge is 0.408 e. The Labute approximate surface area is 226 Å². The van der Waals surface area contributed by atoms with E-state index >= 15 is 0 Å². The molecule has 0 aliphatic carbocycles. The minimum Gasteiger partial charge on any atom is -0.480 e. The Balaban J connectivity index is 1.23. The maximum atomic E-state index is 14.3. The number of aliphatic carboxylic acids is 1. The third-order valence-corrected chi connectivity index (χ3v) is 6.49. The van der Waals surface area contributed by atoms with Gasteiger partial charge in [0.1, 0.15) is 18.5 Å². The fourth-order valence-electron chi connectivity index (χ4n) is 4.39. The molecular weight excluding hydrogens is 507 g/mol. The molecule has 4 N–H and O–H groups in total. The third-order valence-electron chi connectivity index (χ3n) is 6.49. The Morgan fingerprint density at radius 1 is 1.10 bits per heavy atom. The molecule has 208 valence electrons. The number of nitrogens with one attached hydrogen (secondary N) is 3. The lowest BCUT2D eigenvalue weighted by molar-refractivity contribution is -0.140. The van der Waals surface area contributed by atoms with Crippen LogP contribution in [-0.2, 0) is 20.9 Å². The zero-order chi connectivity index (χ0) is 27.6. The number of carboxylic acid groups (broad SMARTS) is 1. The monoisotopic (exact) mass is 540 g/mol. The van der Waals surface area contributed by atoms with Crippen LogP contribution in [0.15, 0.2) is 53.5 Å². The van der Waals surface area contributed by atoms with E-state index in [1.807, 2.05) is 17.0 Å². The molecule has 0 aromatic heterocycles. The first-order chi connectivity index (χ1) is 18.9. The molecule has 2 aliphatic rings. The van der Waals surface area contributed by atoms with Gasteiger partial charge in [-0.15, -0.1) is 0 Å². The van der Waals surface area contributed by atoms with Crippen LogP contribution in [0.3, 0.4) is 0 Å². The highest BCUT2D eigenvalue weighted by molar-refractivity contribution is 5.94. The number of carbonyl (C=O) groups is 3. The number of anilines is 2. The van der Waals surface area contributed by atoms with Crippen molar-refractivity contribution in [3.05, 3.63) is 59.9 Å². The van der Waals surface area contributed by atoms with E-state index in [1.165, 1.54) is 12.1 Å². The van der Waals surface area contributed by atoms with Gasteiger partial charge in [-0.1, -0.05) is 30.3 Å². The van der Waals surface area contributed by atoms with Crippen molar-refractivity contribution in [3.63, 3.8) is 0 Å². The van der Waals surface area contributed by atoms with Crippen LogP contribution in [0.1, 0.15) is 24.8 Å². The highest BCUT2D eigenvalue weighted by Crippen LogP contribution is 2.23. The average molecular weight is 541 g/mol. The van der Waals surface area contributed by atoms with Crippen LogP contribution < -0.4 is 20.9 Å². The van der Waals surface area contributed by atoms with Crippen LogP contribution in [0, 0.1) is 5.82 Å². The molecule has 2 heterocycles. The summed E-state index contributed by atoms with van der Waals surface area (Å²) in [5, 5.41) is 18.1. The van der Waals surface area contributed by atoms with Gasteiger partial charge in [0.25, 0.3) is 0 Å². The zero-order valence-electron chi connectivity index (χ0n) is 21.6. The van der Waals surface area contributed by atoms with Crippen molar-refractivity contribution in [2.45, 2.75) is 31.9 Å². The first-order valence-electron chi connectivity index (χ1n) is 13.0. The van der Waals surface area contributed by atoms with Crippen molar-refractivity contribution >= 4 is 35.3 Å². The second-order valence-corrected chi connectivity index (χ2v) is 9.34. The first-order valence-corrected chi connectivity index (χ1v) is 13.0. The molecule has 39 heavy (non-hydrogen) atoms. The van der Waals surface area contributed by atoms with Crippen LogP contribution in [0.4, 0.5) is 20.6 Å². The number of nitrogens with zero attached hydrogens (tertiary/aromatic N) is 3. The molecule has 4 rings (SSSR count). The molecule has 2 amide bonds. The zero-order valence-corrected chi connectivity index (χ0v) is 21.6. The standard InChI is InChI=1S/C27H33FN6O5/c28-20-15-21(31-26-29-9-4-10-30-26)17-22(16-20)33-11-13-34(14-12-33)24(35)8-7-23(25(36)37)32-27(38)39-18-19-5-2-1-3-6-19/h1-3,5-6,15-17,23H,4,7-14,18H2,(H,32,38)(H,36,37)(H2,29,30,31). The molecule has 11 nitrogen and oxygen atoms in total. The normalized spacial score (nSPS) is 16.0. The van der Waals surface area contributed by atoms with Crippen LogP contribution in [0.2, 0.25) is 0 Å². The van der Waals surface area contributed by atoms with Crippen molar-refractivity contribution < 1.29 is 28.6 Å². The first kappa shape index (κ1) is 27.7. The number of aliphatic imine (C=N–C) groups is 1. The number of halogens is 1. The number of amides is 2. The molecule has 0 spiro atoms. The van der Waals surface area contributed by atoms with Gasteiger partial charge in [-0.3, -0.25) is 9.79 Å². The number of carbonyl (C=O) groups excluding carboxylic acids is 2. The van der Waals surface area contributed by atoms with E-state index in [1.54, 1.807) is 29.2 Å². The Kier molecular flexibility index (Phi) is 9.54. The molecule has 1 unspecified atom stereocenters. The SMILES string of the molecule is O=C(NC(CCC(=O)N1CCN(c2cc(F)cc(NC3=NCCCN3)c2)CC1)C(=O)O)OCc1ccccc1. The number of benzene rings is 2. The molecule has 2 aromatic rings. The molecule has 2 aromatic carbocycles. The maximum Gasteiger partial charge on any atom is 0.408 e. The predicted molar refractivity (Wildman–Crippen MR) is 144 cm³/mol. The minimum absolute atomic E-state index is 0.0106. The maximum absolute atomic E-state index is 14.3. The minimum atomic E-state index is -1.25. The second kappa shape index (κ2) is 13.4. The number of carboxylic acids is 1. The lowest BCUT2D eigenvalue weighted by Gasteiger charge is -2.36. The molecular formula is C27H33FN6O5. The van der Waals surface area contributed by atoms with Crippen LogP contribution in [0.5, 0.6) is 0 Å². The largest absolute Gasteiger partial charge is 0.480 e. The molecule has 0 bridgehead atoms. The second-order valence-electron chi connectivity index (χ2n) is 9.34. The van der Waals surface area contributed by atoms with E-state index < -0.39 is 18.1 Å². The van der Waals surface area contributed by atoms with E-state index in [2.05, 4.69) is 20.9 Å². The van der Waals surface area contributed by atoms with Crippen molar-refractivity contribution in [3.8, 4) is 0 Å².